The lowest BCUT2D eigenvalue weighted by molar-refractivity contribution is 0.666. The van der Waals surface area contributed by atoms with Gasteiger partial charge in [-0.1, -0.05) is 115 Å². The largest absolute Gasteiger partial charge is 0.456 e. The number of hydrogen-bond donors (Lipinski definition) is 0. The van der Waals surface area contributed by atoms with E-state index in [2.05, 4.69) is 156 Å². The summed E-state index contributed by atoms with van der Waals surface area (Å²) >= 11 is 0. The lowest BCUT2D eigenvalue weighted by Crippen LogP contribution is -2.29. The van der Waals surface area contributed by atoms with Crippen LogP contribution in [0.2, 0.25) is 0 Å². The Bertz CT molecular complexity index is 3480. The van der Waals surface area contributed by atoms with Crippen LogP contribution in [0.4, 0.5) is 0 Å². The van der Waals surface area contributed by atoms with Crippen LogP contribution >= 0.6 is 0 Å². The average molecular weight is 726 g/mol. The number of para-hydroxylation sites is 1. The Morgan fingerprint density at radius 1 is 0.386 bits per heavy atom. The normalized spacial score (nSPS) is 15.1. The molecule has 0 bridgehead atoms. The molecule has 4 heteroatoms. The van der Waals surface area contributed by atoms with Crippen molar-refractivity contribution in [2.45, 2.75) is 5.41 Å². The molecule has 264 valence electrons. The van der Waals surface area contributed by atoms with Gasteiger partial charge in [0.15, 0.2) is 0 Å². The van der Waals surface area contributed by atoms with Gasteiger partial charge in [0, 0.05) is 33.9 Å². The molecule has 0 amide bonds. The second kappa shape index (κ2) is 11.2. The monoisotopic (exact) mass is 725 g/mol. The van der Waals surface area contributed by atoms with Gasteiger partial charge in [-0.15, -0.1) is 0 Å². The van der Waals surface area contributed by atoms with Crippen molar-refractivity contribution in [3.63, 3.8) is 0 Å². The first-order valence-corrected chi connectivity index (χ1v) is 19.5. The number of benzene rings is 7. The molecule has 2 aliphatic carbocycles. The van der Waals surface area contributed by atoms with Gasteiger partial charge in [0.1, 0.15) is 22.6 Å². The fourth-order valence-corrected chi connectivity index (χ4v) is 10.2. The number of fused-ring (bicyclic) bond motifs is 18. The molecule has 0 fully saturated rings. The summed E-state index contributed by atoms with van der Waals surface area (Å²) in [6.07, 6.45) is 3.70. The van der Waals surface area contributed by atoms with E-state index in [0.717, 1.165) is 60.8 Å². The van der Waals surface area contributed by atoms with Crippen LogP contribution in [0.25, 0.3) is 94.2 Å². The highest BCUT2D eigenvalue weighted by Crippen LogP contribution is 2.62. The summed E-state index contributed by atoms with van der Waals surface area (Å²) in [6.45, 7) is 0. The Balaban J connectivity index is 1.14. The van der Waals surface area contributed by atoms with Crippen molar-refractivity contribution >= 4 is 43.9 Å². The van der Waals surface area contributed by atoms with E-state index in [1.807, 2.05) is 36.7 Å². The molecule has 0 N–H and O–H groups in total. The highest BCUT2D eigenvalue weighted by atomic mass is 16.3. The number of pyridine rings is 2. The van der Waals surface area contributed by atoms with E-state index in [0.29, 0.717) is 0 Å². The summed E-state index contributed by atoms with van der Waals surface area (Å²) in [5.41, 5.74) is 18.0. The van der Waals surface area contributed by atoms with Gasteiger partial charge in [0.2, 0.25) is 0 Å². The summed E-state index contributed by atoms with van der Waals surface area (Å²) < 4.78 is 8.84. The molecule has 0 saturated heterocycles. The Morgan fingerprint density at radius 3 is 1.82 bits per heavy atom. The lowest BCUT2D eigenvalue weighted by Gasteiger charge is -2.35. The van der Waals surface area contributed by atoms with E-state index in [1.165, 1.54) is 55.6 Å². The topological polar surface area (TPSA) is 43.9 Å². The Kier molecular flexibility index (Phi) is 6.07. The third kappa shape index (κ3) is 4.01. The Labute approximate surface area is 328 Å². The van der Waals surface area contributed by atoms with Crippen molar-refractivity contribution in [2.75, 3.05) is 0 Å². The minimum atomic E-state index is -0.636. The zero-order valence-electron chi connectivity index (χ0n) is 30.6. The molecule has 7 aromatic carbocycles. The van der Waals surface area contributed by atoms with Crippen LogP contribution in [0.15, 0.2) is 193 Å². The minimum Gasteiger partial charge on any atom is -0.456 e. The van der Waals surface area contributed by atoms with E-state index in [-0.39, 0.29) is 0 Å². The van der Waals surface area contributed by atoms with Crippen LogP contribution in [0.5, 0.6) is 0 Å². The van der Waals surface area contributed by atoms with E-state index in [1.54, 1.807) is 0 Å². The molecule has 2 aliphatic rings. The van der Waals surface area contributed by atoms with Crippen molar-refractivity contribution in [1.29, 1.82) is 0 Å². The summed E-state index contributed by atoms with van der Waals surface area (Å²) in [7, 11) is 0. The molecule has 4 aromatic heterocycles. The number of furan rings is 1. The van der Waals surface area contributed by atoms with Crippen LogP contribution < -0.4 is 0 Å². The molecule has 0 aliphatic heterocycles. The molecule has 11 aromatic rings. The molecule has 0 radical (unpaired) electrons. The zero-order valence-corrected chi connectivity index (χ0v) is 30.6. The predicted octanol–water partition coefficient (Wildman–Crippen LogP) is 13.2. The molecule has 13 rings (SSSR count). The molecule has 1 unspecified atom stereocenters. The Morgan fingerprint density at radius 2 is 1.02 bits per heavy atom. The maximum Gasteiger partial charge on any atom is 0.146 e. The van der Waals surface area contributed by atoms with Crippen LogP contribution in [-0.2, 0) is 5.41 Å². The summed E-state index contributed by atoms with van der Waals surface area (Å²) in [5.74, 6) is 0.852. The zero-order chi connectivity index (χ0) is 37.2. The fraction of sp³-hybridized carbons (Fsp3) is 0.0189. The molecule has 1 spiro atoms. The fourth-order valence-electron chi connectivity index (χ4n) is 10.2. The molecular weight excluding hydrogens is 695 g/mol. The van der Waals surface area contributed by atoms with E-state index in [4.69, 9.17) is 14.4 Å². The van der Waals surface area contributed by atoms with Crippen molar-refractivity contribution in [1.82, 2.24) is 14.5 Å². The second-order valence-electron chi connectivity index (χ2n) is 15.3. The minimum absolute atomic E-state index is 0.636. The summed E-state index contributed by atoms with van der Waals surface area (Å²) in [4.78, 5) is 9.57. The second-order valence-corrected chi connectivity index (χ2v) is 15.3. The quantitative estimate of drug-likeness (QED) is 0.178. The van der Waals surface area contributed by atoms with Crippen LogP contribution in [-0.4, -0.2) is 14.5 Å². The molecule has 4 heterocycles. The van der Waals surface area contributed by atoms with Crippen LogP contribution in [0.3, 0.4) is 0 Å². The average Bonchev–Trinajstić information content (AvgIpc) is 3.89. The van der Waals surface area contributed by atoms with Gasteiger partial charge in [0.05, 0.1) is 10.9 Å². The summed E-state index contributed by atoms with van der Waals surface area (Å²) in [6, 6.07) is 64.3. The summed E-state index contributed by atoms with van der Waals surface area (Å²) in [5, 5.41) is 4.52. The molecule has 0 saturated carbocycles. The maximum absolute atomic E-state index is 6.67. The number of aromatic nitrogens is 3. The highest BCUT2D eigenvalue weighted by molar-refractivity contribution is 6.10. The smallest absolute Gasteiger partial charge is 0.146 e. The van der Waals surface area contributed by atoms with Gasteiger partial charge in [-0.3, -0.25) is 4.57 Å². The lowest BCUT2D eigenvalue weighted by atomic mass is 9.65. The SMILES string of the molecule is c1ccc(-n2c3ccc(-c4ccc5c(c4)C4(c6ccccc6-c6ccccc6-5)c5ccccc5-c5cc6c(cc54)oc4ccccc46)cc3c3cccnc32)nc1. The number of hydrogen-bond acceptors (Lipinski definition) is 3. The molecule has 1 atom stereocenters. The molecule has 4 nitrogen and oxygen atoms in total. The molecule has 57 heavy (non-hydrogen) atoms. The molecular formula is C53H31N3O. The predicted molar refractivity (Wildman–Crippen MR) is 231 cm³/mol. The van der Waals surface area contributed by atoms with Crippen LogP contribution in [0, 0.1) is 0 Å². The highest BCUT2D eigenvalue weighted by Gasteiger charge is 2.50. The van der Waals surface area contributed by atoms with Gasteiger partial charge < -0.3 is 4.42 Å². The van der Waals surface area contributed by atoms with Gasteiger partial charge in [0.25, 0.3) is 0 Å². The third-order valence-corrected chi connectivity index (χ3v) is 12.5. The van der Waals surface area contributed by atoms with E-state index < -0.39 is 5.41 Å². The maximum atomic E-state index is 6.67. The first-order chi connectivity index (χ1) is 28.3. The third-order valence-electron chi connectivity index (χ3n) is 12.5. The van der Waals surface area contributed by atoms with Gasteiger partial charge in [-0.2, -0.15) is 0 Å². The first kappa shape index (κ1) is 30.7. The van der Waals surface area contributed by atoms with E-state index >= 15 is 0 Å². The Hall–Kier alpha value is -7.56. The first-order valence-electron chi connectivity index (χ1n) is 19.5. The van der Waals surface area contributed by atoms with Crippen molar-refractivity contribution < 1.29 is 4.42 Å². The van der Waals surface area contributed by atoms with Crippen molar-refractivity contribution in [3.8, 4) is 50.3 Å². The number of rotatable bonds is 2. The van der Waals surface area contributed by atoms with Crippen molar-refractivity contribution in [2.24, 2.45) is 0 Å². The van der Waals surface area contributed by atoms with Gasteiger partial charge in [-0.25, -0.2) is 9.97 Å². The van der Waals surface area contributed by atoms with Gasteiger partial charge >= 0.3 is 0 Å². The standard InChI is InChI=1S/C53H31N3O/c1-2-13-35-34(12-1)36-14-3-6-18-44(36)53(45-19-7-4-15-37(45)41-30-43-39-16-5-8-20-49(39)57-50(43)31-47(41)53)46-29-33(22-24-38(35)46)32-23-25-48-42(28-32)40-17-11-27-55-52(40)56(48)51-21-9-10-26-54-51/h1-31H. The number of nitrogens with zero attached hydrogens (tertiary/aromatic N) is 3. The van der Waals surface area contributed by atoms with Crippen LogP contribution in [0.1, 0.15) is 22.3 Å². The van der Waals surface area contributed by atoms with Gasteiger partial charge in [-0.05, 0) is 127 Å². The van der Waals surface area contributed by atoms with E-state index in [9.17, 15) is 0 Å². The van der Waals surface area contributed by atoms with Crippen molar-refractivity contribution in [3.05, 3.63) is 211 Å².